The lowest BCUT2D eigenvalue weighted by molar-refractivity contribution is -0.166. The summed E-state index contributed by atoms with van der Waals surface area (Å²) < 4.78 is 16.7. The predicted molar refractivity (Wildman–Crippen MR) is 334 cm³/mol. The van der Waals surface area contributed by atoms with Gasteiger partial charge >= 0.3 is 17.9 Å². The van der Waals surface area contributed by atoms with E-state index in [0.717, 1.165) is 141 Å². The first-order valence-electron chi connectivity index (χ1n) is 30.6. The van der Waals surface area contributed by atoms with Crippen LogP contribution in [0.5, 0.6) is 0 Å². The number of hydrogen-bond acceptors (Lipinski definition) is 6. The molecule has 1 atom stereocenters. The van der Waals surface area contributed by atoms with Crippen LogP contribution in [0.25, 0.3) is 0 Å². The molecule has 0 aromatic carbocycles. The minimum Gasteiger partial charge on any atom is -0.462 e. The van der Waals surface area contributed by atoms with E-state index in [0.29, 0.717) is 19.3 Å². The van der Waals surface area contributed by atoms with Crippen LogP contribution in [-0.2, 0) is 28.6 Å². The fourth-order valence-electron chi connectivity index (χ4n) is 7.72. The lowest BCUT2D eigenvalue weighted by atomic mass is 10.1. The molecule has 77 heavy (non-hydrogen) atoms. The molecule has 6 nitrogen and oxygen atoms in total. The van der Waals surface area contributed by atoms with E-state index < -0.39 is 12.1 Å². The van der Waals surface area contributed by atoms with Gasteiger partial charge in [0.25, 0.3) is 0 Å². The van der Waals surface area contributed by atoms with E-state index in [1.807, 2.05) is 12.2 Å². The molecule has 0 N–H and O–H groups in total. The highest BCUT2D eigenvalue weighted by atomic mass is 16.6. The van der Waals surface area contributed by atoms with Gasteiger partial charge in [-0.1, -0.05) is 268 Å². The zero-order valence-corrected chi connectivity index (χ0v) is 49.1. The van der Waals surface area contributed by atoms with Crippen LogP contribution in [0.4, 0.5) is 0 Å². The molecule has 0 spiro atoms. The van der Waals surface area contributed by atoms with Crippen LogP contribution < -0.4 is 0 Å². The van der Waals surface area contributed by atoms with Gasteiger partial charge in [-0.15, -0.1) is 0 Å². The maximum absolute atomic E-state index is 12.8. The Morgan fingerprint density at radius 2 is 0.532 bits per heavy atom. The zero-order chi connectivity index (χ0) is 55.7. The third kappa shape index (κ3) is 61.5. The molecule has 0 saturated carbocycles. The standard InChI is InChI=1S/C71H110O6/c1-4-7-10-13-16-19-22-24-25-26-27-28-29-30-31-32-33-34-35-36-37-38-39-40-41-42-43-44-45-47-49-52-55-58-61-64-70(73)76-67-68(66-75-69(72)63-60-57-54-51-48-21-18-15-12-9-6-3)77-71(74)65-62-59-56-53-50-46-23-20-17-14-11-8-5-2/h7-8,10-11,16-17,19-20,24-25,27-28,30-31,33-34,36-37,39-40,42-43,45-47,50,56,59,68H,4-6,9,12-15,18,21-23,26,29,32,35,38,41,44,48-49,51-55,57-58,60-67H2,1-3H3/b10-7-,11-8-,19-16-,20-17-,25-24-,28-27-,31-30-,34-33-,37-36-,40-39-,43-42-,47-45-,50-46-,59-56-. The largest absolute Gasteiger partial charge is 0.462 e. The van der Waals surface area contributed by atoms with E-state index in [-0.39, 0.29) is 31.6 Å². The van der Waals surface area contributed by atoms with Gasteiger partial charge < -0.3 is 14.2 Å². The Hall–Kier alpha value is -5.23. The molecule has 0 heterocycles. The highest BCUT2D eigenvalue weighted by Crippen LogP contribution is 2.13. The Kier molecular flexibility index (Phi) is 59.0. The quantitative estimate of drug-likeness (QED) is 0.0261. The van der Waals surface area contributed by atoms with Crippen molar-refractivity contribution < 1.29 is 28.6 Å². The highest BCUT2D eigenvalue weighted by Gasteiger charge is 2.19. The van der Waals surface area contributed by atoms with Gasteiger partial charge in [-0.05, 0) is 122 Å². The van der Waals surface area contributed by atoms with Gasteiger partial charge in [-0.25, -0.2) is 0 Å². The van der Waals surface area contributed by atoms with Crippen molar-refractivity contribution in [2.45, 2.75) is 245 Å². The van der Waals surface area contributed by atoms with Crippen molar-refractivity contribution in [3.05, 3.63) is 170 Å². The van der Waals surface area contributed by atoms with E-state index in [2.05, 4.69) is 179 Å². The molecule has 0 radical (unpaired) electrons. The van der Waals surface area contributed by atoms with Crippen molar-refractivity contribution in [2.24, 2.45) is 0 Å². The van der Waals surface area contributed by atoms with Crippen molar-refractivity contribution in [1.29, 1.82) is 0 Å². The van der Waals surface area contributed by atoms with Gasteiger partial charge in [0.2, 0.25) is 0 Å². The second kappa shape index (κ2) is 63.3. The van der Waals surface area contributed by atoms with Crippen molar-refractivity contribution in [3.63, 3.8) is 0 Å². The molecular weight excluding hydrogens is 949 g/mol. The Morgan fingerprint density at radius 3 is 0.844 bits per heavy atom. The van der Waals surface area contributed by atoms with E-state index in [1.165, 1.54) is 51.4 Å². The van der Waals surface area contributed by atoms with Gasteiger partial charge in [0.1, 0.15) is 13.2 Å². The molecule has 0 bridgehead atoms. The van der Waals surface area contributed by atoms with Crippen molar-refractivity contribution in [2.75, 3.05) is 13.2 Å². The summed E-state index contributed by atoms with van der Waals surface area (Å²) >= 11 is 0. The Morgan fingerprint density at radius 1 is 0.273 bits per heavy atom. The molecule has 0 aliphatic rings. The topological polar surface area (TPSA) is 78.9 Å². The molecule has 1 unspecified atom stereocenters. The normalized spacial score (nSPS) is 13.3. The Balaban J connectivity index is 4.32. The summed E-state index contributed by atoms with van der Waals surface area (Å²) in [6.45, 7) is 6.30. The average molecular weight is 1060 g/mol. The lowest BCUT2D eigenvalue weighted by Gasteiger charge is -2.18. The average Bonchev–Trinajstić information content (AvgIpc) is 3.43. The molecule has 0 fully saturated rings. The maximum atomic E-state index is 12.8. The summed E-state index contributed by atoms with van der Waals surface area (Å²) in [6.07, 6.45) is 93.8. The number of esters is 3. The van der Waals surface area contributed by atoms with Crippen molar-refractivity contribution in [1.82, 2.24) is 0 Å². The van der Waals surface area contributed by atoms with E-state index >= 15 is 0 Å². The van der Waals surface area contributed by atoms with Gasteiger partial charge in [-0.3, -0.25) is 14.4 Å². The van der Waals surface area contributed by atoms with Gasteiger partial charge in [0.05, 0.1) is 0 Å². The van der Waals surface area contributed by atoms with Crippen molar-refractivity contribution >= 4 is 17.9 Å². The van der Waals surface area contributed by atoms with E-state index in [9.17, 15) is 14.4 Å². The van der Waals surface area contributed by atoms with E-state index in [4.69, 9.17) is 14.2 Å². The molecular formula is C71H110O6. The molecule has 0 aromatic heterocycles. The number of allylic oxidation sites excluding steroid dienone is 28. The van der Waals surface area contributed by atoms with Crippen LogP contribution in [0, 0.1) is 0 Å². The number of rotatable bonds is 53. The molecule has 0 aliphatic carbocycles. The van der Waals surface area contributed by atoms with Crippen LogP contribution in [0.15, 0.2) is 170 Å². The summed E-state index contributed by atoms with van der Waals surface area (Å²) in [6, 6.07) is 0. The third-order valence-corrected chi connectivity index (χ3v) is 12.2. The first-order chi connectivity index (χ1) is 38.0. The smallest absolute Gasteiger partial charge is 0.306 e. The fourth-order valence-corrected chi connectivity index (χ4v) is 7.72. The minimum atomic E-state index is -0.832. The number of carbonyl (C=O) groups is 3. The minimum absolute atomic E-state index is 0.120. The highest BCUT2D eigenvalue weighted by molar-refractivity contribution is 5.71. The summed E-state index contributed by atoms with van der Waals surface area (Å²) in [5, 5.41) is 0. The summed E-state index contributed by atoms with van der Waals surface area (Å²) in [5.74, 6) is -1.04. The molecule has 6 heteroatoms. The Labute approximate surface area is 472 Å². The molecule has 0 aliphatic heterocycles. The second-order valence-corrected chi connectivity index (χ2v) is 19.5. The molecule has 0 aromatic rings. The SMILES string of the molecule is CC/C=C\C/C=C\C/C=C\C/C=C\C/C=C\C/C=C\C/C=C\C/C=C\C/C=C\C/C=C\CCCCCCC(=O)OCC(COC(=O)CCCCCCCCCCCCC)OC(=O)CC/C=C\C/C=C\C/C=C\C/C=C\CC. The monoisotopic (exact) mass is 1060 g/mol. The number of unbranched alkanes of at least 4 members (excludes halogenated alkanes) is 14. The summed E-state index contributed by atoms with van der Waals surface area (Å²) in [7, 11) is 0. The van der Waals surface area contributed by atoms with E-state index in [1.54, 1.807) is 0 Å². The van der Waals surface area contributed by atoms with Crippen LogP contribution >= 0.6 is 0 Å². The zero-order valence-electron chi connectivity index (χ0n) is 49.1. The Bertz CT molecular complexity index is 1790. The number of ether oxygens (including phenoxy) is 3. The summed E-state index contributed by atoms with van der Waals surface area (Å²) in [4.78, 5) is 38.0. The van der Waals surface area contributed by atoms with Crippen LogP contribution in [-0.4, -0.2) is 37.2 Å². The molecule has 430 valence electrons. The second-order valence-electron chi connectivity index (χ2n) is 19.5. The van der Waals surface area contributed by atoms with Gasteiger partial charge in [0.15, 0.2) is 6.10 Å². The maximum Gasteiger partial charge on any atom is 0.306 e. The molecule has 0 amide bonds. The fraction of sp³-hybridized carbons (Fsp3) is 0.563. The number of hydrogen-bond donors (Lipinski definition) is 0. The first-order valence-corrected chi connectivity index (χ1v) is 30.6. The van der Waals surface area contributed by atoms with Gasteiger partial charge in [-0.2, -0.15) is 0 Å². The van der Waals surface area contributed by atoms with Crippen molar-refractivity contribution in [3.8, 4) is 0 Å². The third-order valence-electron chi connectivity index (χ3n) is 12.2. The van der Waals surface area contributed by atoms with Crippen LogP contribution in [0.3, 0.4) is 0 Å². The van der Waals surface area contributed by atoms with Crippen LogP contribution in [0.1, 0.15) is 239 Å². The van der Waals surface area contributed by atoms with Crippen LogP contribution in [0.2, 0.25) is 0 Å². The lowest BCUT2D eigenvalue weighted by Crippen LogP contribution is -2.30. The molecule has 0 saturated heterocycles. The molecule has 0 rings (SSSR count). The first kappa shape index (κ1) is 71.8. The predicted octanol–water partition coefficient (Wildman–Crippen LogP) is 21.1. The number of carbonyl (C=O) groups excluding carboxylic acids is 3. The van der Waals surface area contributed by atoms with Gasteiger partial charge in [0, 0.05) is 19.3 Å². The summed E-state index contributed by atoms with van der Waals surface area (Å²) in [5.41, 5.74) is 0.